The quantitative estimate of drug-likeness (QED) is 0.565. The minimum atomic E-state index is -0.549. The number of esters is 1. The van der Waals surface area contributed by atoms with Crippen molar-refractivity contribution in [2.45, 2.75) is 13.3 Å². The van der Waals surface area contributed by atoms with Gasteiger partial charge in [0.15, 0.2) is 6.61 Å². The third-order valence-electron chi connectivity index (χ3n) is 4.16. The number of ether oxygens (including phenoxy) is 2. The molecule has 2 aromatic rings. The van der Waals surface area contributed by atoms with Gasteiger partial charge in [0.2, 0.25) is 0 Å². The molecule has 6 heteroatoms. The maximum Gasteiger partial charge on any atom is 0.344 e. The first-order chi connectivity index (χ1) is 12.6. The molecular weight excluding hydrogens is 334 g/mol. The molecule has 2 aromatic carbocycles. The summed E-state index contributed by atoms with van der Waals surface area (Å²) in [6.07, 6.45) is 0.797. The predicted octanol–water partition coefficient (Wildman–Crippen LogP) is 2.47. The molecule has 3 rings (SSSR count). The summed E-state index contributed by atoms with van der Waals surface area (Å²) in [5, 5.41) is 0. The van der Waals surface area contributed by atoms with E-state index in [0.29, 0.717) is 16.9 Å². The molecule has 0 unspecified atom stereocenters. The van der Waals surface area contributed by atoms with Crippen LogP contribution in [0.15, 0.2) is 48.5 Å². The Morgan fingerprint density at radius 3 is 2.23 bits per heavy atom. The fraction of sp³-hybridized carbons (Fsp3) is 0.250. The first-order valence-corrected chi connectivity index (χ1v) is 8.43. The Morgan fingerprint density at radius 2 is 1.58 bits per heavy atom. The van der Waals surface area contributed by atoms with Crippen LogP contribution in [0.2, 0.25) is 0 Å². The van der Waals surface area contributed by atoms with Crippen molar-refractivity contribution in [2.24, 2.45) is 0 Å². The van der Waals surface area contributed by atoms with E-state index in [-0.39, 0.29) is 31.6 Å². The number of hydrogen-bond donors (Lipinski definition) is 0. The number of imide groups is 1. The van der Waals surface area contributed by atoms with Crippen LogP contribution < -0.4 is 4.74 Å². The third kappa shape index (κ3) is 3.59. The topological polar surface area (TPSA) is 72.9 Å². The van der Waals surface area contributed by atoms with Crippen molar-refractivity contribution in [1.82, 2.24) is 4.90 Å². The minimum absolute atomic E-state index is 0.0175. The normalized spacial score (nSPS) is 12.9. The SMILES string of the molecule is CCc1ccccc1OCC(=O)OCCN1C(=O)c2ccccc2C1=O. The van der Waals surface area contributed by atoms with E-state index in [1.54, 1.807) is 30.3 Å². The van der Waals surface area contributed by atoms with Gasteiger partial charge in [-0.1, -0.05) is 37.3 Å². The lowest BCUT2D eigenvalue weighted by Crippen LogP contribution is -2.34. The molecule has 0 aromatic heterocycles. The van der Waals surface area contributed by atoms with Crippen LogP contribution in [0.3, 0.4) is 0 Å². The van der Waals surface area contributed by atoms with E-state index in [1.165, 1.54) is 0 Å². The van der Waals surface area contributed by atoms with Crippen LogP contribution in [0.1, 0.15) is 33.2 Å². The molecule has 6 nitrogen and oxygen atoms in total. The van der Waals surface area contributed by atoms with E-state index < -0.39 is 5.97 Å². The van der Waals surface area contributed by atoms with Gasteiger partial charge in [0.05, 0.1) is 17.7 Å². The number of para-hydroxylation sites is 1. The fourth-order valence-electron chi connectivity index (χ4n) is 2.81. The molecule has 134 valence electrons. The van der Waals surface area contributed by atoms with Gasteiger partial charge in [-0.05, 0) is 30.2 Å². The van der Waals surface area contributed by atoms with Crippen molar-refractivity contribution < 1.29 is 23.9 Å². The number of fused-ring (bicyclic) bond motifs is 1. The summed E-state index contributed by atoms with van der Waals surface area (Å²) in [6.45, 7) is 1.73. The minimum Gasteiger partial charge on any atom is -0.482 e. The lowest BCUT2D eigenvalue weighted by Gasteiger charge is -2.14. The number of aryl methyl sites for hydroxylation is 1. The Bertz CT molecular complexity index is 811. The Labute approximate surface area is 151 Å². The smallest absolute Gasteiger partial charge is 0.344 e. The summed E-state index contributed by atoms with van der Waals surface area (Å²) in [4.78, 5) is 37.3. The number of amides is 2. The van der Waals surface area contributed by atoms with E-state index in [2.05, 4.69) is 0 Å². The van der Waals surface area contributed by atoms with E-state index in [0.717, 1.165) is 16.9 Å². The summed E-state index contributed by atoms with van der Waals surface area (Å²) in [5.41, 5.74) is 1.76. The largest absolute Gasteiger partial charge is 0.482 e. The molecule has 0 saturated heterocycles. The van der Waals surface area contributed by atoms with Gasteiger partial charge < -0.3 is 9.47 Å². The van der Waals surface area contributed by atoms with Crippen LogP contribution in [-0.2, 0) is 16.0 Å². The highest BCUT2D eigenvalue weighted by Crippen LogP contribution is 2.22. The Hall–Kier alpha value is -3.15. The van der Waals surface area contributed by atoms with E-state index in [9.17, 15) is 14.4 Å². The number of hydrogen-bond acceptors (Lipinski definition) is 5. The van der Waals surface area contributed by atoms with Gasteiger partial charge in [-0.2, -0.15) is 0 Å². The fourth-order valence-corrected chi connectivity index (χ4v) is 2.81. The van der Waals surface area contributed by atoms with Crippen molar-refractivity contribution >= 4 is 17.8 Å². The van der Waals surface area contributed by atoms with Crippen molar-refractivity contribution in [2.75, 3.05) is 19.8 Å². The highest BCUT2D eigenvalue weighted by atomic mass is 16.6. The number of rotatable bonds is 7. The first kappa shape index (κ1) is 17.7. The van der Waals surface area contributed by atoms with Crippen LogP contribution in [0.4, 0.5) is 0 Å². The lowest BCUT2D eigenvalue weighted by atomic mass is 10.1. The van der Waals surface area contributed by atoms with Gasteiger partial charge in [-0.25, -0.2) is 4.79 Å². The Kier molecular flexibility index (Phi) is 5.31. The molecule has 1 aliphatic heterocycles. The second-order valence-corrected chi connectivity index (χ2v) is 5.78. The summed E-state index contributed by atoms with van der Waals surface area (Å²) >= 11 is 0. The number of carbonyl (C=O) groups is 3. The third-order valence-corrected chi connectivity index (χ3v) is 4.16. The maximum absolute atomic E-state index is 12.2. The number of carbonyl (C=O) groups excluding carboxylic acids is 3. The molecular formula is C20H19NO5. The zero-order valence-electron chi connectivity index (χ0n) is 14.4. The number of nitrogens with zero attached hydrogens (tertiary/aromatic N) is 1. The highest BCUT2D eigenvalue weighted by molar-refractivity contribution is 6.21. The summed E-state index contributed by atoms with van der Waals surface area (Å²) in [5.74, 6) is -0.635. The van der Waals surface area contributed by atoms with Crippen molar-refractivity contribution in [3.63, 3.8) is 0 Å². The average Bonchev–Trinajstić information content (AvgIpc) is 2.91. The average molecular weight is 353 g/mol. The number of benzene rings is 2. The maximum atomic E-state index is 12.2. The van der Waals surface area contributed by atoms with Crippen LogP contribution in [0.25, 0.3) is 0 Å². The predicted molar refractivity (Wildman–Crippen MR) is 94.1 cm³/mol. The zero-order chi connectivity index (χ0) is 18.5. The summed E-state index contributed by atoms with van der Waals surface area (Å²) in [7, 11) is 0. The van der Waals surface area contributed by atoms with E-state index >= 15 is 0 Å². The second kappa shape index (κ2) is 7.82. The van der Waals surface area contributed by atoms with Crippen molar-refractivity contribution in [1.29, 1.82) is 0 Å². The molecule has 2 amide bonds. The van der Waals surface area contributed by atoms with Crippen molar-refractivity contribution in [3.05, 3.63) is 65.2 Å². The molecule has 1 heterocycles. The highest BCUT2D eigenvalue weighted by Gasteiger charge is 2.34. The van der Waals surface area contributed by atoms with E-state index in [4.69, 9.17) is 9.47 Å². The van der Waals surface area contributed by atoms with Gasteiger partial charge in [0.1, 0.15) is 12.4 Å². The van der Waals surface area contributed by atoms with Gasteiger partial charge in [-0.15, -0.1) is 0 Å². The molecule has 1 aliphatic rings. The molecule has 0 N–H and O–H groups in total. The molecule has 0 atom stereocenters. The zero-order valence-corrected chi connectivity index (χ0v) is 14.4. The van der Waals surface area contributed by atoms with Crippen molar-refractivity contribution in [3.8, 4) is 5.75 Å². The van der Waals surface area contributed by atoms with Crippen LogP contribution >= 0.6 is 0 Å². The first-order valence-electron chi connectivity index (χ1n) is 8.43. The molecule has 0 saturated carbocycles. The standard InChI is InChI=1S/C20H19NO5/c1-2-14-7-3-6-10-17(14)26-13-18(22)25-12-11-21-19(23)15-8-4-5-9-16(15)20(21)24/h3-10H,2,11-13H2,1H3. The molecule has 0 fully saturated rings. The van der Waals surface area contributed by atoms with Crippen LogP contribution in [0, 0.1) is 0 Å². The molecule has 0 bridgehead atoms. The Morgan fingerprint density at radius 1 is 0.962 bits per heavy atom. The van der Waals surface area contributed by atoms with Gasteiger partial charge >= 0.3 is 5.97 Å². The summed E-state index contributed by atoms with van der Waals surface area (Å²) < 4.78 is 10.6. The lowest BCUT2D eigenvalue weighted by molar-refractivity contribution is -0.146. The van der Waals surface area contributed by atoms with Crippen LogP contribution in [0.5, 0.6) is 5.75 Å². The summed E-state index contributed by atoms with van der Waals surface area (Å²) in [6, 6.07) is 14.1. The molecule has 0 spiro atoms. The van der Waals surface area contributed by atoms with Gasteiger partial charge in [0, 0.05) is 0 Å². The molecule has 0 radical (unpaired) electrons. The monoisotopic (exact) mass is 353 g/mol. The second-order valence-electron chi connectivity index (χ2n) is 5.78. The van der Waals surface area contributed by atoms with Gasteiger partial charge in [0.25, 0.3) is 11.8 Å². The van der Waals surface area contributed by atoms with E-state index in [1.807, 2.05) is 25.1 Å². The van der Waals surface area contributed by atoms with Crippen LogP contribution in [-0.4, -0.2) is 42.4 Å². The molecule has 26 heavy (non-hydrogen) atoms. The van der Waals surface area contributed by atoms with Gasteiger partial charge in [-0.3, -0.25) is 14.5 Å². The molecule has 0 aliphatic carbocycles. The Balaban J connectivity index is 1.47.